The number of anilines is 1. The van der Waals surface area contributed by atoms with Gasteiger partial charge in [-0.3, -0.25) is 0 Å². The van der Waals surface area contributed by atoms with Crippen LogP contribution >= 0.6 is 23.2 Å². The lowest BCUT2D eigenvalue weighted by molar-refractivity contribution is -0.541. The zero-order valence-corrected chi connectivity index (χ0v) is 22.4. The average molecular weight is 546 g/mol. The molecule has 0 amide bonds. The number of esters is 1. The fourth-order valence-corrected chi connectivity index (χ4v) is 7.09. The Balaban J connectivity index is 1.32. The van der Waals surface area contributed by atoms with E-state index in [9.17, 15) is 9.18 Å². The zero-order valence-electron chi connectivity index (χ0n) is 20.9. The molecule has 2 bridgehead atoms. The molecule has 4 heterocycles. The fourth-order valence-electron chi connectivity index (χ4n) is 6.68. The van der Waals surface area contributed by atoms with E-state index < -0.39 is 35.1 Å². The molecule has 1 aliphatic carbocycles. The predicted octanol–water partition coefficient (Wildman–Crippen LogP) is 5.27. The van der Waals surface area contributed by atoms with Crippen LogP contribution in [-0.4, -0.2) is 60.7 Å². The lowest BCUT2D eigenvalue weighted by Crippen LogP contribution is -2.62. The van der Waals surface area contributed by atoms with Crippen LogP contribution in [0, 0.1) is 23.6 Å². The maximum absolute atomic E-state index is 14.9. The van der Waals surface area contributed by atoms with Gasteiger partial charge in [0.2, 0.25) is 5.79 Å². The second-order valence-corrected chi connectivity index (χ2v) is 11.6. The summed E-state index contributed by atoms with van der Waals surface area (Å²) in [5.41, 5.74) is -1.10. The first-order valence-electron chi connectivity index (χ1n) is 12.7. The van der Waals surface area contributed by atoms with E-state index in [1.165, 1.54) is 6.07 Å². The van der Waals surface area contributed by atoms with E-state index in [1.807, 2.05) is 13.8 Å². The lowest BCUT2D eigenvalue weighted by Gasteiger charge is -2.50. The molecule has 0 unspecified atom stereocenters. The number of carbonyl (C=O) groups excluding carboxylic acids is 1. The minimum absolute atomic E-state index is 0.00667. The molecule has 0 radical (unpaired) electrons. The number of carbonyl (C=O) groups is 1. The molecule has 0 aromatic heterocycles. The van der Waals surface area contributed by atoms with Crippen molar-refractivity contribution in [3.05, 3.63) is 29.6 Å². The third-order valence-electron chi connectivity index (χ3n) is 8.55. The molecule has 10 heteroatoms. The molecule has 1 aromatic rings. The van der Waals surface area contributed by atoms with Crippen LogP contribution in [0.2, 0.25) is 0 Å². The molecule has 7 nitrogen and oxygen atoms in total. The number of hydrogen-bond donors (Lipinski definition) is 0. The summed E-state index contributed by atoms with van der Waals surface area (Å²) in [5, 5.41) is 0. The Bertz CT molecular complexity index is 995. The van der Waals surface area contributed by atoms with Gasteiger partial charge in [-0.25, -0.2) is 19.0 Å². The number of fused-ring (bicyclic) bond motifs is 2. The normalized spacial score (nSPS) is 38.9. The Morgan fingerprint density at radius 3 is 2.58 bits per heavy atom. The molecule has 200 valence electrons. The maximum Gasteiger partial charge on any atom is 0.338 e. The van der Waals surface area contributed by atoms with Crippen molar-refractivity contribution in [2.24, 2.45) is 17.8 Å². The summed E-state index contributed by atoms with van der Waals surface area (Å²) in [6.07, 6.45) is 2.90. The Hall–Kier alpha value is -1.16. The van der Waals surface area contributed by atoms with Gasteiger partial charge in [0.15, 0.2) is 11.9 Å². The Morgan fingerprint density at radius 2 is 1.89 bits per heavy atom. The van der Waals surface area contributed by atoms with Gasteiger partial charge < -0.3 is 19.1 Å². The molecule has 0 N–H and O–H groups in total. The molecule has 4 saturated heterocycles. The van der Waals surface area contributed by atoms with Crippen molar-refractivity contribution >= 4 is 34.9 Å². The van der Waals surface area contributed by atoms with Crippen LogP contribution in [0.15, 0.2) is 18.2 Å². The van der Waals surface area contributed by atoms with E-state index in [2.05, 4.69) is 6.92 Å². The van der Waals surface area contributed by atoms with Gasteiger partial charge in [-0.2, -0.15) is 0 Å². The molecule has 36 heavy (non-hydrogen) atoms. The fraction of sp³-hybridized carbons (Fsp3) is 0.731. The van der Waals surface area contributed by atoms with Crippen molar-refractivity contribution in [2.45, 2.75) is 69.7 Å². The standard InChI is InChI=1S/C26H34Cl2FNO6/c1-16-4-7-21-24(2,33-23-26(21)18(16)8-9-25(3,34-23)35-36-26)15-32-22(31)17-5-6-20(19(29)14-17)30(12-10-27)13-11-28/h5-6,14,16,18,21,23H,4,7-13,15H2,1-3H3/t16-,18+,21+,23-,24-,25-,26-/m1/s1. The van der Waals surface area contributed by atoms with E-state index >= 15 is 0 Å². The Labute approximate surface area is 221 Å². The highest BCUT2D eigenvalue weighted by Gasteiger charge is 2.74. The quantitative estimate of drug-likeness (QED) is 0.250. The van der Waals surface area contributed by atoms with Gasteiger partial charge in [0.25, 0.3) is 0 Å². The molecule has 1 aromatic carbocycles. The molecule has 1 saturated carbocycles. The Morgan fingerprint density at radius 1 is 1.14 bits per heavy atom. The van der Waals surface area contributed by atoms with Gasteiger partial charge in [-0.15, -0.1) is 23.2 Å². The van der Waals surface area contributed by atoms with E-state index in [4.69, 9.17) is 47.2 Å². The zero-order chi connectivity index (χ0) is 25.7. The SMILES string of the molecule is C[C@@H]1CC[C@@H]2[C@]34OO[C@](C)(CC[C@@H]13)O[C@H]4O[C@]2(C)COC(=O)c1ccc(N(CCCl)CCCl)c(F)c1. The highest BCUT2D eigenvalue weighted by molar-refractivity contribution is 6.18. The van der Waals surface area contributed by atoms with Crippen molar-refractivity contribution in [1.82, 2.24) is 0 Å². The Kier molecular flexibility index (Phi) is 7.24. The van der Waals surface area contributed by atoms with Gasteiger partial charge in [-0.05, 0) is 63.1 Å². The molecule has 6 rings (SSSR count). The minimum Gasteiger partial charge on any atom is -0.459 e. The van der Waals surface area contributed by atoms with Crippen LogP contribution in [0.4, 0.5) is 10.1 Å². The van der Waals surface area contributed by atoms with E-state index in [0.29, 0.717) is 36.5 Å². The molecular formula is C26H34Cl2FNO6. The summed E-state index contributed by atoms with van der Waals surface area (Å²) < 4.78 is 33.4. The van der Waals surface area contributed by atoms with Crippen LogP contribution in [0.5, 0.6) is 0 Å². The van der Waals surface area contributed by atoms with Gasteiger partial charge in [0.1, 0.15) is 18.0 Å². The number of halogens is 3. The van der Waals surface area contributed by atoms with Crippen LogP contribution in [0.25, 0.3) is 0 Å². The van der Waals surface area contributed by atoms with Crippen molar-refractivity contribution in [3.63, 3.8) is 0 Å². The number of ether oxygens (including phenoxy) is 3. The second-order valence-electron chi connectivity index (χ2n) is 10.9. The summed E-state index contributed by atoms with van der Waals surface area (Å²) in [5.74, 6) is -0.773. The predicted molar refractivity (Wildman–Crippen MR) is 133 cm³/mol. The van der Waals surface area contributed by atoms with Crippen LogP contribution in [0.3, 0.4) is 0 Å². The third kappa shape index (κ3) is 4.31. The number of rotatable bonds is 8. The molecule has 5 aliphatic rings. The topological polar surface area (TPSA) is 66.5 Å². The van der Waals surface area contributed by atoms with Gasteiger partial charge in [-0.1, -0.05) is 6.92 Å². The molecule has 1 spiro atoms. The van der Waals surface area contributed by atoms with Crippen LogP contribution in [-0.2, 0) is 24.0 Å². The molecular weight excluding hydrogens is 512 g/mol. The van der Waals surface area contributed by atoms with Crippen molar-refractivity contribution in [2.75, 3.05) is 36.4 Å². The first-order chi connectivity index (χ1) is 17.2. The molecule has 5 fully saturated rings. The number of benzene rings is 1. The summed E-state index contributed by atoms with van der Waals surface area (Å²) in [6.45, 7) is 6.93. The lowest BCUT2D eigenvalue weighted by atomic mass is 9.60. The summed E-state index contributed by atoms with van der Waals surface area (Å²) >= 11 is 11.7. The second kappa shape index (κ2) is 9.86. The van der Waals surface area contributed by atoms with E-state index in [-0.39, 0.29) is 24.0 Å². The van der Waals surface area contributed by atoms with Crippen molar-refractivity contribution < 1.29 is 33.2 Å². The van der Waals surface area contributed by atoms with E-state index in [0.717, 1.165) is 25.7 Å². The van der Waals surface area contributed by atoms with Crippen molar-refractivity contribution in [1.29, 1.82) is 0 Å². The molecule has 7 atom stereocenters. The van der Waals surface area contributed by atoms with Gasteiger partial charge >= 0.3 is 5.97 Å². The summed E-state index contributed by atoms with van der Waals surface area (Å²) in [7, 11) is 0. The summed E-state index contributed by atoms with van der Waals surface area (Å²) in [6, 6.07) is 4.30. The minimum atomic E-state index is -0.862. The smallest absolute Gasteiger partial charge is 0.338 e. The van der Waals surface area contributed by atoms with Gasteiger partial charge in [0.05, 0.1) is 11.3 Å². The summed E-state index contributed by atoms with van der Waals surface area (Å²) in [4.78, 5) is 26.6. The van der Waals surface area contributed by atoms with Crippen LogP contribution in [0.1, 0.15) is 56.8 Å². The van der Waals surface area contributed by atoms with Gasteiger partial charge in [0, 0.05) is 37.2 Å². The largest absolute Gasteiger partial charge is 0.459 e. The highest BCUT2D eigenvalue weighted by atomic mass is 35.5. The van der Waals surface area contributed by atoms with Crippen LogP contribution < -0.4 is 4.90 Å². The highest BCUT2D eigenvalue weighted by Crippen LogP contribution is 2.63. The third-order valence-corrected chi connectivity index (χ3v) is 8.89. The monoisotopic (exact) mass is 545 g/mol. The maximum atomic E-state index is 14.9. The first-order valence-corrected chi connectivity index (χ1v) is 13.8. The van der Waals surface area contributed by atoms with E-state index in [1.54, 1.807) is 17.0 Å². The first kappa shape index (κ1) is 26.4. The number of nitrogens with zero attached hydrogens (tertiary/aromatic N) is 1. The molecule has 4 aliphatic heterocycles. The van der Waals surface area contributed by atoms with Crippen molar-refractivity contribution in [3.8, 4) is 0 Å². The number of alkyl halides is 2. The number of hydrogen-bond acceptors (Lipinski definition) is 7. The average Bonchev–Trinajstić information content (AvgIpc) is 2.92.